The fraction of sp³-hybridized carbons (Fsp3) is 0.100. The predicted octanol–water partition coefficient (Wildman–Crippen LogP) is 1.86. The third kappa shape index (κ3) is 2.65. The van der Waals surface area contributed by atoms with Crippen molar-refractivity contribution in [1.82, 2.24) is 10.2 Å². The summed E-state index contributed by atoms with van der Waals surface area (Å²) in [5, 5.41) is 6.47. The fourth-order valence-corrected chi connectivity index (χ4v) is 2.89. The van der Waals surface area contributed by atoms with Gasteiger partial charge < -0.3 is 5.73 Å². The van der Waals surface area contributed by atoms with E-state index < -0.39 is 10.0 Å². The van der Waals surface area contributed by atoms with Crippen LogP contribution in [0.3, 0.4) is 0 Å². The highest BCUT2D eigenvalue weighted by atomic mass is 79.9. The van der Waals surface area contributed by atoms with Gasteiger partial charge in [0, 0.05) is 21.9 Å². The Morgan fingerprint density at radius 3 is 2.67 bits per heavy atom. The Bertz CT molecular complexity index is 681. The van der Waals surface area contributed by atoms with Gasteiger partial charge in [0.15, 0.2) is 5.82 Å². The van der Waals surface area contributed by atoms with E-state index in [0.717, 1.165) is 5.69 Å². The van der Waals surface area contributed by atoms with Crippen LogP contribution in [0.5, 0.6) is 0 Å². The fourth-order valence-electron chi connectivity index (χ4n) is 1.34. The van der Waals surface area contributed by atoms with Crippen LogP contribution in [-0.4, -0.2) is 18.6 Å². The third-order valence-corrected chi connectivity index (χ3v) is 4.27. The Labute approximate surface area is 113 Å². The molecule has 0 aliphatic heterocycles. The number of nitrogens with two attached hydrogens (primary N) is 1. The number of aromatic amines is 1. The van der Waals surface area contributed by atoms with Crippen molar-refractivity contribution in [2.75, 3.05) is 10.5 Å². The first kappa shape index (κ1) is 12.9. The number of hydrogen-bond acceptors (Lipinski definition) is 4. The molecule has 0 aliphatic carbocycles. The molecule has 0 unspecified atom stereocenters. The zero-order valence-electron chi connectivity index (χ0n) is 9.44. The molecule has 1 heterocycles. The standard InChI is InChI=1S/C10H11BrN4O2S/c1-6-4-10(14-13-6)15-18(16,17)7-2-3-9(12)8(11)5-7/h2-5H,12H2,1H3,(H2,13,14,15). The zero-order valence-corrected chi connectivity index (χ0v) is 11.8. The summed E-state index contributed by atoms with van der Waals surface area (Å²) in [7, 11) is -3.66. The van der Waals surface area contributed by atoms with Crippen LogP contribution in [-0.2, 0) is 10.0 Å². The molecule has 0 atom stereocenters. The molecule has 18 heavy (non-hydrogen) atoms. The van der Waals surface area contributed by atoms with Gasteiger partial charge >= 0.3 is 0 Å². The summed E-state index contributed by atoms with van der Waals surface area (Å²) in [5.41, 5.74) is 6.85. The Balaban J connectivity index is 2.33. The van der Waals surface area contributed by atoms with Gasteiger partial charge in [-0.3, -0.25) is 9.82 Å². The molecule has 0 saturated heterocycles. The first-order valence-electron chi connectivity index (χ1n) is 4.98. The van der Waals surface area contributed by atoms with Gasteiger partial charge in [-0.05, 0) is 41.1 Å². The predicted molar refractivity (Wildman–Crippen MR) is 72.7 cm³/mol. The minimum Gasteiger partial charge on any atom is -0.398 e. The number of nitrogens with one attached hydrogen (secondary N) is 2. The lowest BCUT2D eigenvalue weighted by Crippen LogP contribution is -2.13. The summed E-state index contributed by atoms with van der Waals surface area (Å²) in [6, 6.07) is 6.00. The molecule has 0 bridgehead atoms. The smallest absolute Gasteiger partial charge is 0.263 e. The van der Waals surface area contributed by atoms with E-state index in [4.69, 9.17) is 5.73 Å². The van der Waals surface area contributed by atoms with Crippen LogP contribution in [0.15, 0.2) is 33.6 Å². The largest absolute Gasteiger partial charge is 0.398 e. The van der Waals surface area contributed by atoms with Gasteiger partial charge in [-0.2, -0.15) is 5.10 Å². The van der Waals surface area contributed by atoms with E-state index in [0.29, 0.717) is 10.2 Å². The van der Waals surface area contributed by atoms with E-state index in [9.17, 15) is 8.42 Å². The molecule has 0 radical (unpaired) electrons. The van der Waals surface area contributed by atoms with Crippen molar-refractivity contribution in [2.45, 2.75) is 11.8 Å². The first-order valence-corrected chi connectivity index (χ1v) is 7.26. The summed E-state index contributed by atoms with van der Waals surface area (Å²) in [5.74, 6) is 0.250. The molecule has 2 aromatic rings. The van der Waals surface area contributed by atoms with Crippen LogP contribution >= 0.6 is 15.9 Å². The van der Waals surface area contributed by atoms with Crippen LogP contribution in [0.4, 0.5) is 11.5 Å². The van der Waals surface area contributed by atoms with Gasteiger partial charge in [0.2, 0.25) is 0 Å². The summed E-state index contributed by atoms with van der Waals surface area (Å²) < 4.78 is 27.0. The number of hydrogen-bond donors (Lipinski definition) is 3. The summed E-state index contributed by atoms with van der Waals surface area (Å²) in [4.78, 5) is 0.115. The van der Waals surface area contributed by atoms with Crippen molar-refractivity contribution in [2.24, 2.45) is 0 Å². The molecule has 8 heteroatoms. The third-order valence-electron chi connectivity index (χ3n) is 2.23. The van der Waals surface area contributed by atoms with Crippen molar-refractivity contribution in [1.29, 1.82) is 0 Å². The highest BCUT2D eigenvalue weighted by molar-refractivity contribution is 9.10. The quantitative estimate of drug-likeness (QED) is 0.747. The highest BCUT2D eigenvalue weighted by Crippen LogP contribution is 2.24. The number of aromatic nitrogens is 2. The van der Waals surface area contributed by atoms with E-state index in [1.54, 1.807) is 13.0 Å². The molecule has 96 valence electrons. The van der Waals surface area contributed by atoms with Crippen LogP contribution < -0.4 is 10.5 Å². The van der Waals surface area contributed by atoms with Crippen molar-refractivity contribution in [3.8, 4) is 0 Å². The topological polar surface area (TPSA) is 101 Å². The lowest BCUT2D eigenvalue weighted by molar-refractivity contribution is 0.601. The van der Waals surface area contributed by atoms with Gasteiger partial charge in [-0.25, -0.2) is 8.42 Å². The van der Waals surface area contributed by atoms with Crippen molar-refractivity contribution >= 4 is 37.5 Å². The minimum absolute atomic E-state index is 0.115. The van der Waals surface area contributed by atoms with Crippen LogP contribution in [0.2, 0.25) is 0 Å². The summed E-state index contributed by atoms with van der Waals surface area (Å²) >= 11 is 3.19. The maximum atomic E-state index is 12.0. The van der Waals surface area contributed by atoms with Crippen LogP contribution in [0.1, 0.15) is 5.69 Å². The zero-order chi connectivity index (χ0) is 13.3. The molecule has 6 nitrogen and oxygen atoms in total. The molecule has 1 aromatic carbocycles. The number of rotatable bonds is 3. The van der Waals surface area contributed by atoms with E-state index >= 15 is 0 Å². The minimum atomic E-state index is -3.66. The number of halogens is 1. The highest BCUT2D eigenvalue weighted by Gasteiger charge is 2.16. The Morgan fingerprint density at radius 1 is 1.39 bits per heavy atom. The lowest BCUT2D eigenvalue weighted by Gasteiger charge is -2.06. The second-order valence-corrected chi connectivity index (χ2v) is 6.26. The number of benzene rings is 1. The average Bonchev–Trinajstić information content (AvgIpc) is 2.67. The number of sulfonamides is 1. The number of nitrogens with zero attached hydrogens (tertiary/aromatic N) is 1. The molecule has 0 fully saturated rings. The number of anilines is 2. The van der Waals surface area contributed by atoms with Crippen LogP contribution in [0, 0.1) is 6.92 Å². The molecule has 4 N–H and O–H groups in total. The Kier molecular flexibility index (Phi) is 3.31. The molecule has 0 aliphatic rings. The monoisotopic (exact) mass is 330 g/mol. The lowest BCUT2D eigenvalue weighted by atomic mass is 10.3. The van der Waals surface area contributed by atoms with Crippen molar-refractivity contribution < 1.29 is 8.42 Å². The van der Waals surface area contributed by atoms with Crippen LogP contribution in [0.25, 0.3) is 0 Å². The molecule has 0 spiro atoms. The first-order chi connectivity index (χ1) is 8.38. The van der Waals surface area contributed by atoms with E-state index in [1.165, 1.54) is 18.2 Å². The SMILES string of the molecule is Cc1cc(NS(=O)(=O)c2ccc(N)c(Br)c2)n[nH]1. The normalized spacial score (nSPS) is 11.4. The second-order valence-electron chi connectivity index (χ2n) is 3.73. The van der Waals surface area contributed by atoms with E-state index in [1.807, 2.05) is 0 Å². The van der Waals surface area contributed by atoms with Crippen molar-refractivity contribution in [3.63, 3.8) is 0 Å². The number of nitrogen functional groups attached to an aromatic ring is 1. The Hall–Kier alpha value is -1.54. The van der Waals surface area contributed by atoms with Gasteiger partial charge in [0.05, 0.1) is 4.90 Å². The van der Waals surface area contributed by atoms with Crippen molar-refractivity contribution in [3.05, 3.63) is 34.4 Å². The van der Waals surface area contributed by atoms with Gasteiger partial charge in [-0.1, -0.05) is 0 Å². The second kappa shape index (κ2) is 4.62. The molecule has 0 saturated carbocycles. The van der Waals surface area contributed by atoms with Gasteiger partial charge in [0.25, 0.3) is 10.0 Å². The summed E-state index contributed by atoms with van der Waals surface area (Å²) in [6.07, 6.45) is 0. The van der Waals surface area contributed by atoms with Gasteiger partial charge in [0.1, 0.15) is 0 Å². The Morgan fingerprint density at radius 2 is 2.11 bits per heavy atom. The molecular formula is C10H11BrN4O2S. The summed E-state index contributed by atoms with van der Waals surface area (Å²) in [6.45, 7) is 1.78. The maximum absolute atomic E-state index is 12.0. The van der Waals surface area contributed by atoms with Gasteiger partial charge in [-0.15, -0.1) is 0 Å². The number of H-pyrrole nitrogens is 1. The molecule has 0 amide bonds. The van der Waals surface area contributed by atoms with E-state index in [-0.39, 0.29) is 10.7 Å². The number of aryl methyl sites for hydroxylation is 1. The maximum Gasteiger partial charge on any atom is 0.263 e. The van der Waals surface area contributed by atoms with E-state index in [2.05, 4.69) is 30.8 Å². The molecule has 1 aromatic heterocycles. The molecular weight excluding hydrogens is 320 g/mol. The average molecular weight is 331 g/mol. The molecule has 2 rings (SSSR count).